The molecule has 0 aromatic carbocycles. The van der Waals surface area contributed by atoms with E-state index in [9.17, 15) is 0 Å². The van der Waals surface area contributed by atoms with Crippen LogP contribution < -0.4 is 0 Å². The Hall–Kier alpha value is 0.700. The highest BCUT2D eigenvalue weighted by Gasteiger charge is 2.41. The van der Waals surface area contributed by atoms with Crippen LogP contribution in [0.15, 0.2) is 0 Å². The van der Waals surface area contributed by atoms with E-state index in [1.165, 1.54) is 31.4 Å². The average molecular weight is 174 g/mol. The Morgan fingerprint density at radius 1 is 1.40 bits per heavy atom. The van der Waals surface area contributed by atoms with Gasteiger partial charge in [-0.2, -0.15) is 0 Å². The molecule has 0 nitrogen and oxygen atoms in total. The smallest absolute Gasteiger partial charge is 0.0264 e. The average Bonchev–Trinajstić information content (AvgIpc) is 2.29. The maximum absolute atomic E-state index is 2.46. The number of hydrogen-bond acceptors (Lipinski definition) is 2. The second-order valence-electron chi connectivity index (χ2n) is 3.60. The molecule has 0 spiro atoms. The van der Waals surface area contributed by atoms with Gasteiger partial charge in [0, 0.05) is 10.5 Å². The topological polar surface area (TPSA) is 0 Å². The Balaban J connectivity index is 2.10. The Morgan fingerprint density at radius 2 is 2.30 bits per heavy atom. The van der Waals surface area contributed by atoms with Crippen LogP contribution in [-0.2, 0) is 0 Å². The van der Waals surface area contributed by atoms with E-state index in [0.717, 1.165) is 5.92 Å². The minimum atomic E-state index is 0.670. The fourth-order valence-electron chi connectivity index (χ4n) is 2.13. The molecule has 0 amide bonds. The standard InChI is InChI=1S/C8H14S2/c1-8-5-2-3-7(8)4-6-9-10-8/h7H,2-6H2,1H3. The molecular formula is C8H14S2. The molecule has 2 heteroatoms. The van der Waals surface area contributed by atoms with Crippen molar-refractivity contribution >= 4 is 21.6 Å². The molecule has 10 heavy (non-hydrogen) atoms. The molecule has 2 atom stereocenters. The number of rotatable bonds is 0. The van der Waals surface area contributed by atoms with E-state index in [1.54, 1.807) is 0 Å². The van der Waals surface area contributed by atoms with E-state index in [2.05, 4.69) is 28.5 Å². The van der Waals surface area contributed by atoms with Crippen molar-refractivity contribution < 1.29 is 0 Å². The van der Waals surface area contributed by atoms with Gasteiger partial charge in [0.15, 0.2) is 0 Å². The first-order chi connectivity index (χ1) is 4.81. The highest BCUT2D eigenvalue weighted by molar-refractivity contribution is 8.77. The van der Waals surface area contributed by atoms with Gasteiger partial charge in [0.2, 0.25) is 0 Å². The van der Waals surface area contributed by atoms with Crippen LogP contribution in [0, 0.1) is 5.92 Å². The van der Waals surface area contributed by atoms with Gasteiger partial charge in [-0.3, -0.25) is 0 Å². The summed E-state index contributed by atoms with van der Waals surface area (Å²) in [7, 11) is 4.24. The summed E-state index contributed by atoms with van der Waals surface area (Å²) in [5.74, 6) is 2.45. The number of hydrogen-bond donors (Lipinski definition) is 0. The molecular weight excluding hydrogens is 160 g/mol. The van der Waals surface area contributed by atoms with Gasteiger partial charge in [-0.15, -0.1) is 0 Å². The molecule has 1 heterocycles. The van der Waals surface area contributed by atoms with Crippen LogP contribution in [0.3, 0.4) is 0 Å². The predicted molar refractivity (Wildman–Crippen MR) is 50.4 cm³/mol. The zero-order chi connectivity index (χ0) is 7.03. The van der Waals surface area contributed by atoms with Crippen LogP contribution >= 0.6 is 21.6 Å². The van der Waals surface area contributed by atoms with Gasteiger partial charge in [0.05, 0.1) is 0 Å². The van der Waals surface area contributed by atoms with Gasteiger partial charge in [0.25, 0.3) is 0 Å². The molecule has 0 radical (unpaired) electrons. The van der Waals surface area contributed by atoms with Crippen LogP contribution in [0.4, 0.5) is 0 Å². The third-order valence-corrected chi connectivity index (χ3v) is 6.32. The van der Waals surface area contributed by atoms with E-state index in [-0.39, 0.29) is 0 Å². The van der Waals surface area contributed by atoms with Crippen molar-refractivity contribution in [3.8, 4) is 0 Å². The molecule has 2 aliphatic rings. The lowest BCUT2D eigenvalue weighted by molar-refractivity contribution is 0.449. The summed E-state index contributed by atoms with van der Waals surface area (Å²) in [6.07, 6.45) is 5.93. The first-order valence-corrected chi connectivity index (χ1v) is 6.44. The van der Waals surface area contributed by atoms with Crippen molar-refractivity contribution in [1.82, 2.24) is 0 Å². The van der Waals surface area contributed by atoms with Gasteiger partial charge >= 0.3 is 0 Å². The van der Waals surface area contributed by atoms with Crippen LogP contribution in [0.2, 0.25) is 0 Å². The summed E-state index contributed by atoms with van der Waals surface area (Å²) in [5.41, 5.74) is 0. The van der Waals surface area contributed by atoms with E-state index in [4.69, 9.17) is 0 Å². The Kier molecular flexibility index (Phi) is 1.94. The minimum Gasteiger partial charge on any atom is -0.0936 e. The summed E-state index contributed by atoms with van der Waals surface area (Å²) in [5, 5.41) is 0. The molecule has 0 aromatic rings. The second kappa shape index (κ2) is 2.63. The lowest BCUT2D eigenvalue weighted by Gasteiger charge is -2.34. The zero-order valence-corrected chi connectivity index (χ0v) is 8.06. The van der Waals surface area contributed by atoms with E-state index in [0.29, 0.717) is 4.75 Å². The van der Waals surface area contributed by atoms with Crippen molar-refractivity contribution in [1.29, 1.82) is 0 Å². The molecule has 2 fully saturated rings. The lowest BCUT2D eigenvalue weighted by atomic mass is 9.94. The van der Waals surface area contributed by atoms with Crippen molar-refractivity contribution in [2.45, 2.75) is 37.4 Å². The predicted octanol–water partition coefficient (Wildman–Crippen LogP) is 3.33. The number of fused-ring (bicyclic) bond motifs is 1. The quantitative estimate of drug-likeness (QED) is 0.517. The van der Waals surface area contributed by atoms with E-state index >= 15 is 0 Å². The van der Waals surface area contributed by atoms with Gasteiger partial charge in [-0.05, 0) is 32.1 Å². The molecule has 1 aliphatic carbocycles. The summed E-state index contributed by atoms with van der Waals surface area (Å²) in [4.78, 5) is 0. The molecule has 2 unspecified atom stereocenters. The maximum Gasteiger partial charge on any atom is 0.0264 e. The van der Waals surface area contributed by atoms with Gasteiger partial charge in [-0.1, -0.05) is 28.0 Å². The first-order valence-electron chi connectivity index (χ1n) is 4.12. The maximum atomic E-state index is 2.46. The molecule has 58 valence electrons. The second-order valence-corrected chi connectivity index (χ2v) is 6.55. The van der Waals surface area contributed by atoms with Crippen LogP contribution in [-0.4, -0.2) is 10.5 Å². The third kappa shape index (κ3) is 1.10. The third-order valence-electron chi connectivity index (χ3n) is 2.89. The minimum absolute atomic E-state index is 0.670. The normalized spacial score (nSPS) is 47.1. The first kappa shape index (κ1) is 7.35. The fraction of sp³-hybridized carbons (Fsp3) is 1.00. The Morgan fingerprint density at radius 3 is 3.10 bits per heavy atom. The summed E-state index contributed by atoms with van der Waals surface area (Å²) in [6, 6.07) is 0. The molecule has 0 bridgehead atoms. The SMILES string of the molecule is CC12CCCC1CCSS2. The monoisotopic (exact) mass is 174 g/mol. The lowest BCUT2D eigenvalue weighted by Crippen LogP contribution is -2.27. The molecule has 2 rings (SSSR count). The molecule has 1 saturated carbocycles. The van der Waals surface area contributed by atoms with E-state index in [1.807, 2.05) is 0 Å². The highest BCUT2D eigenvalue weighted by Crippen LogP contribution is 2.55. The molecule has 1 aliphatic heterocycles. The summed E-state index contributed by atoms with van der Waals surface area (Å²) < 4.78 is 0.670. The van der Waals surface area contributed by atoms with E-state index < -0.39 is 0 Å². The van der Waals surface area contributed by atoms with Crippen molar-refractivity contribution in [2.75, 3.05) is 5.75 Å². The van der Waals surface area contributed by atoms with Crippen LogP contribution in [0.5, 0.6) is 0 Å². The van der Waals surface area contributed by atoms with Gasteiger partial charge in [-0.25, -0.2) is 0 Å². The van der Waals surface area contributed by atoms with Crippen molar-refractivity contribution in [3.63, 3.8) is 0 Å². The molecule has 1 saturated heterocycles. The van der Waals surface area contributed by atoms with Crippen LogP contribution in [0.1, 0.15) is 32.6 Å². The zero-order valence-electron chi connectivity index (χ0n) is 6.43. The Bertz CT molecular complexity index is 135. The highest BCUT2D eigenvalue weighted by atomic mass is 33.1. The summed E-state index contributed by atoms with van der Waals surface area (Å²) in [6.45, 7) is 2.46. The summed E-state index contributed by atoms with van der Waals surface area (Å²) >= 11 is 0. The van der Waals surface area contributed by atoms with Crippen LogP contribution in [0.25, 0.3) is 0 Å². The van der Waals surface area contributed by atoms with Crippen molar-refractivity contribution in [3.05, 3.63) is 0 Å². The fourth-order valence-corrected chi connectivity index (χ4v) is 5.47. The Labute approximate surface area is 70.9 Å². The van der Waals surface area contributed by atoms with Crippen molar-refractivity contribution in [2.24, 2.45) is 5.92 Å². The van der Waals surface area contributed by atoms with Gasteiger partial charge < -0.3 is 0 Å². The molecule has 0 aromatic heterocycles. The largest absolute Gasteiger partial charge is 0.0936 e. The molecule has 0 N–H and O–H groups in total. The van der Waals surface area contributed by atoms with Gasteiger partial charge in [0.1, 0.15) is 0 Å².